The van der Waals surface area contributed by atoms with Crippen molar-refractivity contribution in [2.45, 2.75) is 20.3 Å². The Morgan fingerprint density at radius 2 is 1.91 bits per heavy atom. The van der Waals surface area contributed by atoms with Crippen LogP contribution in [0.1, 0.15) is 20.3 Å². The van der Waals surface area contributed by atoms with Gasteiger partial charge >= 0.3 is 0 Å². The topological polar surface area (TPSA) is 56.1 Å². The van der Waals surface area contributed by atoms with Crippen molar-refractivity contribution in [1.29, 1.82) is 5.26 Å². The van der Waals surface area contributed by atoms with Gasteiger partial charge in [-0.05, 0) is 42.5 Å². The van der Waals surface area contributed by atoms with E-state index in [1.807, 2.05) is 6.07 Å². The van der Waals surface area contributed by atoms with Gasteiger partial charge in [-0.15, -0.1) is 0 Å². The van der Waals surface area contributed by atoms with Crippen molar-refractivity contribution < 1.29 is 4.79 Å². The lowest BCUT2D eigenvalue weighted by Crippen LogP contribution is -2.35. The number of hydrogen-bond donors (Lipinski definition) is 1. The van der Waals surface area contributed by atoms with Gasteiger partial charge in [0, 0.05) is 30.0 Å². The standard InChI is InChI=1S/C17H20ClN3O/c1-12-7-13(2)10-21(9-12)11-14(8-19)17(22)20-16-5-3-15(18)4-6-16/h3-6,11-13H,7,9-10H2,1-2H3,(H,20,22)/b14-11-. The zero-order chi connectivity index (χ0) is 16.1. The molecule has 1 amide bonds. The highest BCUT2D eigenvalue weighted by Crippen LogP contribution is 2.22. The molecule has 1 aromatic carbocycles. The van der Waals surface area contributed by atoms with Crippen molar-refractivity contribution in [3.63, 3.8) is 0 Å². The Morgan fingerprint density at radius 1 is 1.32 bits per heavy atom. The summed E-state index contributed by atoms with van der Waals surface area (Å²) in [5.74, 6) is 0.745. The van der Waals surface area contributed by atoms with Crippen LogP contribution in [0.15, 0.2) is 36.0 Å². The molecule has 4 nitrogen and oxygen atoms in total. The van der Waals surface area contributed by atoms with Crippen LogP contribution in [0, 0.1) is 23.2 Å². The Morgan fingerprint density at radius 3 is 2.45 bits per heavy atom. The first kappa shape index (κ1) is 16.4. The van der Waals surface area contributed by atoms with E-state index < -0.39 is 5.91 Å². The number of benzene rings is 1. The Kier molecular flexibility index (Phi) is 5.46. The first-order chi connectivity index (χ1) is 10.5. The molecule has 0 saturated carbocycles. The molecule has 0 radical (unpaired) electrons. The molecule has 0 bridgehead atoms. The molecule has 0 aromatic heterocycles. The smallest absolute Gasteiger partial charge is 0.267 e. The van der Waals surface area contributed by atoms with Gasteiger partial charge in [0.05, 0.1) is 0 Å². The molecule has 22 heavy (non-hydrogen) atoms. The lowest BCUT2D eigenvalue weighted by molar-refractivity contribution is -0.112. The number of halogens is 1. The van der Waals surface area contributed by atoms with Crippen molar-refractivity contribution in [2.75, 3.05) is 18.4 Å². The third-order valence-corrected chi connectivity index (χ3v) is 3.93. The molecular formula is C17H20ClN3O. The summed E-state index contributed by atoms with van der Waals surface area (Å²) in [6.07, 6.45) is 2.86. The molecule has 1 aliphatic rings. The molecule has 116 valence electrons. The maximum atomic E-state index is 12.2. The van der Waals surface area contributed by atoms with Gasteiger partial charge < -0.3 is 10.2 Å². The first-order valence-corrected chi connectivity index (χ1v) is 7.78. The SMILES string of the molecule is CC1CC(C)CN(/C=C(/C#N)C(=O)Nc2ccc(Cl)cc2)C1. The first-order valence-electron chi connectivity index (χ1n) is 7.41. The number of nitrogens with one attached hydrogen (secondary N) is 1. The summed E-state index contributed by atoms with van der Waals surface area (Å²) in [6.45, 7) is 6.14. The van der Waals surface area contributed by atoms with Crippen molar-refractivity contribution in [1.82, 2.24) is 4.90 Å². The van der Waals surface area contributed by atoms with E-state index in [0.29, 0.717) is 22.5 Å². The van der Waals surface area contributed by atoms with Crippen molar-refractivity contribution in [2.24, 2.45) is 11.8 Å². The van der Waals surface area contributed by atoms with Crippen LogP contribution in [-0.4, -0.2) is 23.9 Å². The molecule has 1 fully saturated rings. The summed E-state index contributed by atoms with van der Waals surface area (Å²) in [6, 6.07) is 8.80. The Bertz CT molecular complexity index is 593. The van der Waals surface area contributed by atoms with E-state index in [4.69, 9.17) is 11.6 Å². The number of nitriles is 1. The van der Waals surface area contributed by atoms with Crippen LogP contribution in [0.4, 0.5) is 5.69 Å². The normalized spacial score (nSPS) is 22.1. The van der Waals surface area contributed by atoms with Crippen molar-refractivity contribution in [3.8, 4) is 6.07 Å². The summed E-state index contributed by atoms with van der Waals surface area (Å²) in [5, 5.41) is 12.6. The van der Waals surface area contributed by atoms with Crippen LogP contribution in [0.25, 0.3) is 0 Å². The average Bonchev–Trinajstić information content (AvgIpc) is 2.46. The zero-order valence-electron chi connectivity index (χ0n) is 12.8. The summed E-state index contributed by atoms with van der Waals surface area (Å²) in [5.41, 5.74) is 0.743. The molecule has 0 aliphatic carbocycles. The Labute approximate surface area is 136 Å². The summed E-state index contributed by atoms with van der Waals surface area (Å²) in [4.78, 5) is 14.3. The Hall–Kier alpha value is -1.99. The van der Waals surface area contributed by atoms with Crippen LogP contribution in [0.3, 0.4) is 0 Å². The van der Waals surface area contributed by atoms with E-state index in [2.05, 4.69) is 24.1 Å². The summed E-state index contributed by atoms with van der Waals surface area (Å²) in [7, 11) is 0. The molecule has 1 aromatic rings. The van der Waals surface area contributed by atoms with E-state index in [1.54, 1.807) is 30.5 Å². The number of piperidine rings is 1. The van der Waals surface area contributed by atoms with Crippen LogP contribution in [0.5, 0.6) is 0 Å². The van der Waals surface area contributed by atoms with Gasteiger partial charge in [0.15, 0.2) is 0 Å². The van der Waals surface area contributed by atoms with E-state index in [0.717, 1.165) is 13.1 Å². The second-order valence-electron chi connectivity index (χ2n) is 6.02. The van der Waals surface area contributed by atoms with Crippen LogP contribution < -0.4 is 5.32 Å². The predicted molar refractivity (Wildman–Crippen MR) is 88.3 cm³/mol. The minimum absolute atomic E-state index is 0.122. The largest absolute Gasteiger partial charge is 0.376 e. The monoisotopic (exact) mass is 317 g/mol. The third-order valence-electron chi connectivity index (χ3n) is 3.68. The number of amides is 1. The highest BCUT2D eigenvalue weighted by atomic mass is 35.5. The van der Waals surface area contributed by atoms with Gasteiger partial charge in [0.1, 0.15) is 11.6 Å². The van der Waals surface area contributed by atoms with Crippen LogP contribution >= 0.6 is 11.6 Å². The molecular weight excluding hydrogens is 298 g/mol. The fourth-order valence-corrected chi connectivity index (χ4v) is 3.00. The van der Waals surface area contributed by atoms with Gasteiger partial charge in [-0.25, -0.2) is 0 Å². The van der Waals surface area contributed by atoms with Crippen molar-refractivity contribution in [3.05, 3.63) is 41.1 Å². The molecule has 1 aliphatic heterocycles. The van der Waals surface area contributed by atoms with Gasteiger partial charge in [0.2, 0.25) is 0 Å². The van der Waals surface area contributed by atoms with Crippen LogP contribution in [0.2, 0.25) is 5.02 Å². The van der Waals surface area contributed by atoms with Gasteiger partial charge in [0.25, 0.3) is 5.91 Å². The van der Waals surface area contributed by atoms with E-state index in [9.17, 15) is 10.1 Å². The molecule has 0 spiro atoms. The second-order valence-corrected chi connectivity index (χ2v) is 6.45. The zero-order valence-corrected chi connectivity index (χ0v) is 13.6. The lowest BCUT2D eigenvalue weighted by Gasteiger charge is -2.34. The second kappa shape index (κ2) is 7.33. The number of carbonyl (C=O) groups is 1. The molecule has 1 heterocycles. The maximum absolute atomic E-state index is 12.2. The molecule has 2 unspecified atom stereocenters. The predicted octanol–water partition coefficient (Wildman–Crippen LogP) is 3.66. The number of carbonyl (C=O) groups excluding carboxylic acids is 1. The number of nitrogens with zero attached hydrogens (tertiary/aromatic N) is 2. The third kappa shape index (κ3) is 4.51. The maximum Gasteiger partial charge on any atom is 0.267 e. The molecule has 2 atom stereocenters. The number of rotatable bonds is 3. The molecule has 1 N–H and O–H groups in total. The van der Waals surface area contributed by atoms with Gasteiger partial charge in [-0.1, -0.05) is 25.4 Å². The summed E-state index contributed by atoms with van der Waals surface area (Å²) >= 11 is 5.81. The quantitative estimate of drug-likeness (QED) is 0.683. The highest BCUT2D eigenvalue weighted by Gasteiger charge is 2.21. The van der Waals surface area contributed by atoms with Gasteiger partial charge in [-0.2, -0.15) is 5.26 Å². The number of likely N-dealkylation sites (tertiary alicyclic amines) is 1. The van der Waals surface area contributed by atoms with Crippen LogP contribution in [-0.2, 0) is 4.79 Å². The summed E-state index contributed by atoms with van der Waals surface area (Å²) < 4.78 is 0. The van der Waals surface area contributed by atoms with Crippen molar-refractivity contribution >= 4 is 23.2 Å². The fourth-order valence-electron chi connectivity index (χ4n) is 2.87. The molecule has 2 rings (SSSR count). The van der Waals surface area contributed by atoms with E-state index in [-0.39, 0.29) is 5.57 Å². The average molecular weight is 318 g/mol. The minimum atomic E-state index is -0.393. The fraction of sp³-hybridized carbons (Fsp3) is 0.412. The molecule has 5 heteroatoms. The lowest BCUT2D eigenvalue weighted by atomic mass is 9.92. The van der Waals surface area contributed by atoms with Gasteiger partial charge in [-0.3, -0.25) is 4.79 Å². The molecule has 1 saturated heterocycles. The Balaban J connectivity index is 2.06. The van der Waals surface area contributed by atoms with E-state index >= 15 is 0 Å². The number of hydrogen-bond acceptors (Lipinski definition) is 3. The van der Waals surface area contributed by atoms with E-state index in [1.165, 1.54) is 6.42 Å². The minimum Gasteiger partial charge on any atom is -0.376 e. The number of anilines is 1. The highest BCUT2D eigenvalue weighted by molar-refractivity contribution is 6.30.